The Morgan fingerprint density at radius 2 is 1.91 bits per heavy atom. The molecular weight excluding hydrogens is 402 g/mol. The largest absolute Gasteiger partial charge is 0.493 e. The molecule has 1 spiro atoms. The molecule has 5 heteroatoms. The van der Waals surface area contributed by atoms with Crippen molar-refractivity contribution in [2.75, 3.05) is 7.11 Å². The molecule has 1 N–H and O–H groups in total. The van der Waals surface area contributed by atoms with Crippen LogP contribution in [0.5, 0.6) is 17.2 Å². The monoisotopic (exact) mass is 435 g/mol. The van der Waals surface area contributed by atoms with Crippen molar-refractivity contribution in [3.05, 3.63) is 53.6 Å². The third-order valence-electron chi connectivity index (χ3n) is 7.29. The lowest BCUT2D eigenvalue weighted by molar-refractivity contribution is -0.123. The van der Waals surface area contributed by atoms with Gasteiger partial charge in [-0.25, -0.2) is 0 Å². The van der Waals surface area contributed by atoms with E-state index in [-0.39, 0.29) is 23.7 Å². The molecular formula is C27H33NO4. The van der Waals surface area contributed by atoms with Crippen LogP contribution in [-0.4, -0.2) is 24.7 Å². The second-order valence-corrected chi connectivity index (χ2v) is 9.47. The van der Waals surface area contributed by atoms with E-state index in [1.807, 2.05) is 36.4 Å². The van der Waals surface area contributed by atoms with E-state index in [1.54, 1.807) is 7.11 Å². The van der Waals surface area contributed by atoms with Crippen LogP contribution in [0.25, 0.3) is 0 Å². The molecule has 5 rings (SSSR count). The highest BCUT2D eigenvalue weighted by Crippen LogP contribution is 2.48. The summed E-state index contributed by atoms with van der Waals surface area (Å²) in [5.41, 5.74) is 2.03. The fourth-order valence-corrected chi connectivity index (χ4v) is 5.36. The van der Waals surface area contributed by atoms with Crippen LogP contribution in [0.3, 0.4) is 0 Å². The Labute approximate surface area is 190 Å². The molecule has 2 aliphatic carbocycles. The first-order valence-electron chi connectivity index (χ1n) is 12.1. The van der Waals surface area contributed by atoms with Crippen LogP contribution in [0.4, 0.5) is 0 Å². The fourth-order valence-electron chi connectivity index (χ4n) is 5.36. The van der Waals surface area contributed by atoms with Crippen LogP contribution in [-0.2, 0) is 11.2 Å². The first-order valence-corrected chi connectivity index (χ1v) is 12.1. The summed E-state index contributed by atoms with van der Waals surface area (Å²) in [6.07, 6.45) is 10.1. The van der Waals surface area contributed by atoms with Crippen LogP contribution < -0.4 is 19.5 Å². The summed E-state index contributed by atoms with van der Waals surface area (Å²) >= 11 is 0. The molecule has 0 radical (unpaired) electrons. The molecule has 170 valence electrons. The van der Waals surface area contributed by atoms with Gasteiger partial charge in [0.15, 0.2) is 11.5 Å². The predicted octanol–water partition coefficient (Wildman–Crippen LogP) is 5.51. The first kappa shape index (κ1) is 21.2. The zero-order valence-electron chi connectivity index (χ0n) is 18.9. The summed E-state index contributed by atoms with van der Waals surface area (Å²) in [4.78, 5) is 13.0. The van der Waals surface area contributed by atoms with Crippen molar-refractivity contribution < 1.29 is 19.0 Å². The zero-order chi connectivity index (χ0) is 22.0. The van der Waals surface area contributed by atoms with E-state index >= 15 is 0 Å². The molecule has 5 nitrogen and oxygen atoms in total. The third kappa shape index (κ3) is 4.30. The number of methoxy groups -OCH3 is 1. The normalized spacial score (nSPS) is 21.3. The molecule has 1 unspecified atom stereocenters. The van der Waals surface area contributed by atoms with Gasteiger partial charge in [-0.15, -0.1) is 0 Å². The fraction of sp³-hybridized carbons (Fsp3) is 0.519. The maximum atomic E-state index is 13.0. The standard InChI is InChI=1S/C27H33NO4/c1-30-24-13-6-8-19(26(24)31-20-9-2-3-10-20)14-15-25(29)28-22-18-27(16-7-17-27)32-23-12-5-4-11-21(22)23/h4-6,8,11-13,20,22H,2-3,7,9-10,14-18H2,1H3,(H,28,29). The smallest absolute Gasteiger partial charge is 0.220 e. The topological polar surface area (TPSA) is 56.8 Å². The van der Waals surface area contributed by atoms with Crippen LogP contribution in [0.15, 0.2) is 42.5 Å². The summed E-state index contributed by atoms with van der Waals surface area (Å²) in [6.45, 7) is 0. The molecule has 2 saturated carbocycles. The molecule has 1 atom stereocenters. The number of benzene rings is 2. The molecule has 1 aliphatic heterocycles. The van der Waals surface area contributed by atoms with Gasteiger partial charge >= 0.3 is 0 Å². The number of nitrogens with one attached hydrogen (secondary N) is 1. The van der Waals surface area contributed by atoms with Gasteiger partial charge in [0.05, 0.1) is 19.3 Å². The van der Waals surface area contributed by atoms with Crippen molar-refractivity contribution in [1.82, 2.24) is 5.32 Å². The van der Waals surface area contributed by atoms with E-state index in [2.05, 4.69) is 11.4 Å². The number of para-hydroxylation sites is 2. The Kier molecular flexibility index (Phi) is 5.99. The van der Waals surface area contributed by atoms with Crippen LogP contribution in [0, 0.1) is 0 Å². The van der Waals surface area contributed by atoms with Crippen LogP contribution in [0.1, 0.15) is 75.0 Å². The van der Waals surface area contributed by atoms with E-state index in [0.29, 0.717) is 12.8 Å². The van der Waals surface area contributed by atoms with E-state index < -0.39 is 0 Å². The van der Waals surface area contributed by atoms with Crippen molar-refractivity contribution in [1.29, 1.82) is 0 Å². The lowest BCUT2D eigenvalue weighted by Crippen LogP contribution is -2.49. The van der Waals surface area contributed by atoms with Crippen molar-refractivity contribution in [2.24, 2.45) is 0 Å². The van der Waals surface area contributed by atoms with Crippen molar-refractivity contribution >= 4 is 5.91 Å². The highest BCUT2D eigenvalue weighted by atomic mass is 16.5. The number of hydrogen-bond donors (Lipinski definition) is 1. The molecule has 3 aliphatic rings. The number of aryl methyl sites for hydroxylation is 1. The maximum absolute atomic E-state index is 13.0. The quantitative estimate of drug-likeness (QED) is 0.623. The van der Waals surface area contributed by atoms with Crippen molar-refractivity contribution in [2.45, 2.75) is 82.0 Å². The minimum Gasteiger partial charge on any atom is -0.493 e. The summed E-state index contributed by atoms with van der Waals surface area (Å²) in [5.74, 6) is 2.54. The van der Waals surface area contributed by atoms with Gasteiger partial charge in [-0.2, -0.15) is 0 Å². The summed E-state index contributed by atoms with van der Waals surface area (Å²) in [7, 11) is 1.67. The zero-order valence-corrected chi connectivity index (χ0v) is 18.9. The van der Waals surface area contributed by atoms with Gasteiger partial charge in [0.25, 0.3) is 0 Å². The molecule has 0 saturated heterocycles. The van der Waals surface area contributed by atoms with Gasteiger partial charge < -0.3 is 19.5 Å². The predicted molar refractivity (Wildman–Crippen MR) is 123 cm³/mol. The number of carbonyl (C=O) groups is 1. The van der Waals surface area contributed by atoms with Gasteiger partial charge in [0.2, 0.25) is 5.91 Å². The van der Waals surface area contributed by atoms with E-state index in [4.69, 9.17) is 14.2 Å². The lowest BCUT2D eigenvalue weighted by Gasteiger charge is -2.48. The summed E-state index contributed by atoms with van der Waals surface area (Å²) < 4.78 is 18.2. The Morgan fingerprint density at radius 3 is 2.66 bits per heavy atom. The molecule has 0 aromatic heterocycles. The molecule has 1 heterocycles. The Bertz CT molecular complexity index is 962. The van der Waals surface area contributed by atoms with Gasteiger partial charge in [0.1, 0.15) is 11.4 Å². The molecule has 32 heavy (non-hydrogen) atoms. The second kappa shape index (κ2) is 9.05. The van der Waals surface area contributed by atoms with E-state index in [1.165, 1.54) is 19.3 Å². The second-order valence-electron chi connectivity index (χ2n) is 9.47. The number of fused-ring (bicyclic) bond motifs is 1. The highest BCUT2D eigenvalue weighted by molar-refractivity contribution is 5.77. The molecule has 2 fully saturated rings. The van der Waals surface area contributed by atoms with Gasteiger partial charge in [-0.1, -0.05) is 30.3 Å². The molecule has 2 aromatic carbocycles. The summed E-state index contributed by atoms with van der Waals surface area (Å²) in [5, 5.41) is 3.30. The number of ether oxygens (including phenoxy) is 3. The number of hydrogen-bond acceptors (Lipinski definition) is 4. The number of carbonyl (C=O) groups excluding carboxylic acids is 1. The highest BCUT2D eigenvalue weighted by Gasteiger charge is 2.45. The van der Waals surface area contributed by atoms with Gasteiger partial charge in [0, 0.05) is 18.4 Å². The first-order chi connectivity index (χ1) is 15.7. The number of rotatable bonds is 7. The Morgan fingerprint density at radius 1 is 1.09 bits per heavy atom. The molecule has 0 bridgehead atoms. The van der Waals surface area contributed by atoms with E-state index in [0.717, 1.165) is 60.5 Å². The third-order valence-corrected chi connectivity index (χ3v) is 7.29. The molecule has 2 aromatic rings. The average Bonchev–Trinajstić information content (AvgIpc) is 3.30. The minimum absolute atomic E-state index is 0.00673. The van der Waals surface area contributed by atoms with Gasteiger partial charge in [-0.05, 0) is 69.1 Å². The number of amides is 1. The van der Waals surface area contributed by atoms with Crippen LogP contribution >= 0.6 is 0 Å². The van der Waals surface area contributed by atoms with E-state index in [9.17, 15) is 4.79 Å². The molecule has 1 amide bonds. The Balaban J connectivity index is 1.26. The van der Waals surface area contributed by atoms with Gasteiger partial charge in [-0.3, -0.25) is 4.79 Å². The van der Waals surface area contributed by atoms with Crippen molar-refractivity contribution in [3.8, 4) is 17.2 Å². The Hall–Kier alpha value is -2.69. The summed E-state index contributed by atoms with van der Waals surface area (Å²) in [6, 6.07) is 14.1. The van der Waals surface area contributed by atoms with Crippen LogP contribution in [0.2, 0.25) is 0 Å². The lowest BCUT2D eigenvalue weighted by atomic mass is 9.73. The maximum Gasteiger partial charge on any atom is 0.220 e. The average molecular weight is 436 g/mol. The minimum atomic E-state index is -0.0958. The van der Waals surface area contributed by atoms with Crippen molar-refractivity contribution in [3.63, 3.8) is 0 Å². The SMILES string of the molecule is COc1cccc(CCC(=O)NC2CC3(CCC3)Oc3ccccc32)c1OC1CCCC1.